The highest BCUT2D eigenvalue weighted by atomic mass is 16.4. The van der Waals surface area contributed by atoms with E-state index in [9.17, 15) is 19.2 Å². The fraction of sp³-hybridized carbons (Fsp3) is 0. The number of aromatic carboxylic acids is 4. The van der Waals surface area contributed by atoms with E-state index in [0.29, 0.717) is 0 Å². The first-order valence-electron chi connectivity index (χ1n) is 5.84. The minimum atomic E-state index is -1.38. The van der Waals surface area contributed by atoms with Crippen molar-refractivity contribution >= 4 is 23.9 Å². The molecule has 1 aromatic heterocycles. The van der Waals surface area contributed by atoms with Gasteiger partial charge < -0.3 is 24.8 Å². The van der Waals surface area contributed by atoms with Gasteiger partial charge in [0.15, 0.2) is 0 Å². The Morgan fingerprint density at radius 1 is 0.652 bits per heavy atom. The average Bonchev–Trinajstić information content (AvgIpc) is 2.98. The summed E-state index contributed by atoms with van der Waals surface area (Å²) < 4.78 is 4.41. The largest absolute Gasteiger partial charge is 0.478 e. The van der Waals surface area contributed by atoms with Crippen LogP contribution in [0, 0.1) is 0 Å². The Bertz CT molecular complexity index is 678. The summed E-state index contributed by atoms with van der Waals surface area (Å²) in [4.78, 5) is 41.2. The van der Waals surface area contributed by atoms with Crippen molar-refractivity contribution in [3.8, 4) is 0 Å². The van der Waals surface area contributed by atoms with Gasteiger partial charge in [0.05, 0.1) is 17.4 Å². The number of rotatable bonds is 4. The number of carbonyl (C=O) groups is 4. The maximum atomic E-state index is 10.3. The van der Waals surface area contributed by atoms with Gasteiger partial charge in [-0.05, 0) is 30.3 Å². The second kappa shape index (κ2) is 7.41. The zero-order chi connectivity index (χ0) is 17.6. The number of hydrogen-bond acceptors (Lipinski definition) is 5. The quantitative estimate of drug-likeness (QED) is 0.656. The van der Waals surface area contributed by atoms with Crippen LogP contribution in [0.1, 0.15) is 41.6 Å². The van der Waals surface area contributed by atoms with E-state index in [1.807, 2.05) is 0 Å². The number of hydrogen-bond donors (Lipinski definition) is 4. The molecular weight excluding hydrogens is 312 g/mol. The van der Waals surface area contributed by atoms with E-state index in [1.54, 1.807) is 0 Å². The lowest BCUT2D eigenvalue weighted by Crippen LogP contribution is -2.03. The van der Waals surface area contributed by atoms with Gasteiger partial charge in [0.1, 0.15) is 5.56 Å². The first-order valence-corrected chi connectivity index (χ1v) is 5.84. The third kappa shape index (κ3) is 4.70. The summed E-state index contributed by atoms with van der Waals surface area (Å²) in [6, 6.07) is 6.11. The van der Waals surface area contributed by atoms with Crippen molar-refractivity contribution in [3.63, 3.8) is 0 Å². The lowest BCUT2D eigenvalue weighted by atomic mass is 10.1. The van der Waals surface area contributed by atoms with Gasteiger partial charge in [-0.25, -0.2) is 19.2 Å². The van der Waals surface area contributed by atoms with Gasteiger partial charge in [0, 0.05) is 0 Å². The third-order valence-electron chi connectivity index (χ3n) is 2.47. The smallest absolute Gasteiger partial charge is 0.372 e. The molecule has 0 radical (unpaired) electrons. The summed E-state index contributed by atoms with van der Waals surface area (Å²) >= 11 is 0. The number of benzene rings is 1. The van der Waals surface area contributed by atoms with Gasteiger partial charge in [0.25, 0.3) is 0 Å². The van der Waals surface area contributed by atoms with E-state index in [2.05, 4.69) is 4.42 Å². The first-order chi connectivity index (χ1) is 10.7. The van der Waals surface area contributed by atoms with Gasteiger partial charge in [-0.2, -0.15) is 0 Å². The van der Waals surface area contributed by atoms with Crippen LogP contribution in [0.3, 0.4) is 0 Å². The molecule has 1 heterocycles. The number of carboxylic acids is 4. The van der Waals surface area contributed by atoms with Crippen LogP contribution >= 0.6 is 0 Å². The van der Waals surface area contributed by atoms with Crippen LogP contribution in [-0.4, -0.2) is 44.3 Å². The predicted octanol–water partition coefficient (Wildman–Crippen LogP) is 1.76. The predicted molar refractivity (Wildman–Crippen MR) is 73.0 cm³/mol. The van der Waals surface area contributed by atoms with Crippen LogP contribution in [0.25, 0.3) is 0 Å². The molecule has 0 saturated heterocycles. The molecule has 0 bridgehead atoms. The molecule has 0 fully saturated rings. The number of carboxylic acid groups (broad SMARTS) is 4. The molecule has 0 spiro atoms. The van der Waals surface area contributed by atoms with E-state index >= 15 is 0 Å². The number of furan rings is 1. The fourth-order valence-electron chi connectivity index (χ4n) is 1.40. The zero-order valence-electron chi connectivity index (χ0n) is 11.3. The van der Waals surface area contributed by atoms with Crippen molar-refractivity contribution in [2.75, 3.05) is 0 Å². The molecular formula is C14H10O9. The van der Waals surface area contributed by atoms with Crippen LogP contribution in [0.15, 0.2) is 41.0 Å². The maximum Gasteiger partial charge on any atom is 0.372 e. The Balaban J connectivity index is 0.000000231. The summed E-state index contributed by atoms with van der Waals surface area (Å²) in [6.07, 6.45) is 1.02. The Hall–Kier alpha value is -3.62. The normalized spacial score (nSPS) is 9.39. The molecule has 9 heteroatoms. The van der Waals surface area contributed by atoms with Crippen molar-refractivity contribution in [2.24, 2.45) is 0 Å². The van der Waals surface area contributed by atoms with Crippen molar-refractivity contribution in [1.29, 1.82) is 0 Å². The minimum absolute atomic E-state index is 0.0833. The molecule has 1 aromatic carbocycles. The van der Waals surface area contributed by atoms with E-state index in [1.165, 1.54) is 24.3 Å². The van der Waals surface area contributed by atoms with E-state index in [-0.39, 0.29) is 16.7 Å². The molecule has 0 unspecified atom stereocenters. The van der Waals surface area contributed by atoms with E-state index in [4.69, 9.17) is 20.4 Å². The highest BCUT2D eigenvalue weighted by Crippen LogP contribution is 2.09. The zero-order valence-corrected chi connectivity index (χ0v) is 11.3. The summed E-state index contributed by atoms with van der Waals surface area (Å²) in [5.41, 5.74) is -0.169. The molecule has 2 aromatic rings. The Morgan fingerprint density at radius 3 is 1.35 bits per heavy atom. The molecule has 2 rings (SSSR count). The molecule has 9 nitrogen and oxygen atoms in total. The van der Waals surface area contributed by atoms with Crippen LogP contribution in [-0.2, 0) is 0 Å². The molecule has 23 heavy (non-hydrogen) atoms. The Kier molecular flexibility index (Phi) is 5.61. The van der Waals surface area contributed by atoms with E-state index in [0.717, 1.165) is 12.3 Å². The SMILES string of the molecule is O=C(O)c1ccc(C(=O)O)cc1.O=C(O)c1ccoc1C(=O)O. The molecule has 4 N–H and O–H groups in total. The fourth-order valence-corrected chi connectivity index (χ4v) is 1.40. The highest BCUT2D eigenvalue weighted by molar-refractivity contribution is 5.99. The Morgan fingerprint density at radius 2 is 1.09 bits per heavy atom. The second-order valence-corrected chi connectivity index (χ2v) is 3.96. The molecule has 0 amide bonds. The summed E-state index contributed by atoms with van der Waals surface area (Å²) in [5, 5.41) is 33.7. The summed E-state index contributed by atoms with van der Waals surface area (Å²) in [6.45, 7) is 0. The lowest BCUT2D eigenvalue weighted by molar-refractivity contribution is 0.0625. The van der Waals surface area contributed by atoms with Crippen molar-refractivity contribution < 1.29 is 44.0 Å². The van der Waals surface area contributed by atoms with Crippen molar-refractivity contribution in [2.45, 2.75) is 0 Å². The van der Waals surface area contributed by atoms with Gasteiger partial charge >= 0.3 is 23.9 Å². The Labute approximate surface area is 128 Å². The minimum Gasteiger partial charge on any atom is -0.478 e. The van der Waals surface area contributed by atoms with Gasteiger partial charge in [-0.15, -0.1) is 0 Å². The maximum absolute atomic E-state index is 10.3. The topological polar surface area (TPSA) is 162 Å². The van der Waals surface area contributed by atoms with Gasteiger partial charge in [-0.1, -0.05) is 0 Å². The summed E-state index contributed by atoms with van der Waals surface area (Å²) in [7, 11) is 0. The molecule has 0 aliphatic heterocycles. The van der Waals surface area contributed by atoms with Crippen molar-refractivity contribution in [1.82, 2.24) is 0 Å². The van der Waals surface area contributed by atoms with Crippen LogP contribution in [0.4, 0.5) is 0 Å². The average molecular weight is 322 g/mol. The second-order valence-electron chi connectivity index (χ2n) is 3.96. The molecule has 0 atom stereocenters. The third-order valence-corrected chi connectivity index (χ3v) is 2.47. The molecule has 120 valence electrons. The van der Waals surface area contributed by atoms with Gasteiger partial charge in [-0.3, -0.25) is 0 Å². The standard InChI is InChI=1S/C8H6O4.C6H4O5/c9-7(10)5-1-2-6(4-3-5)8(11)12;7-5(8)3-1-2-11-4(3)6(9)10/h1-4H,(H,9,10)(H,11,12);1-2H,(H,7,8)(H,9,10). The van der Waals surface area contributed by atoms with Crippen LogP contribution < -0.4 is 0 Å². The van der Waals surface area contributed by atoms with E-state index < -0.39 is 29.6 Å². The van der Waals surface area contributed by atoms with Gasteiger partial charge in [0.2, 0.25) is 5.76 Å². The van der Waals surface area contributed by atoms with Crippen LogP contribution in [0.2, 0.25) is 0 Å². The van der Waals surface area contributed by atoms with Crippen LogP contribution in [0.5, 0.6) is 0 Å². The lowest BCUT2D eigenvalue weighted by Gasteiger charge is -1.94. The summed E-state index contributed by atoms with van der Waals surface area (Å²) in [5.74, 6) is -5.36. The molecule has 0 aliphatic rings. The monoisotopic (exact) mass is 322 g/mol. The molecule has 0 saturated carbocycles. The first kappa shape index (κ1) is 17.4. The van der Waals surface area contributed by atoms with Crippen molar-refractivity contribution in [3.05, 3.63) is 59.0 Å². The molecule has 0 aliphatic carbocycles. The highest BCUT2D eigenvalue weighted by Gasteiger charge is 2.18.